The minimum absolute atomic E-state index is 0.206. The average molecular weight is 203 g/mol. The highest BCUT2D eigenvalue weighted by Gasteiger charge is 2.20. The Morgan fingerprint density at radius 2 is 2.36 bits per heavy atom. The summed E-state index contributed by atoms with van der Waals surface area (Å²) in [6.07, 6.45) is 3.63. The molecule has 1 fully saturated rings. The van der Waals surface area contributed by atoms with Gasteiger partial charge in [-0.2, -0.15) is 0 Å². The summed E-state index contributed by atoms with van der Waals surface area (Å²) in [4.78, 5) is 0. The van der Waals surface area contributed by atoms with Crippen molar-refractivity contribution in [1.82, 2.24) is 0 Å². The van der Waals surface area contributed by atoms with Crippen LogP contribution in [0.5, 0.6) is 0 Å². The summed E-state index contributed by atoms with van der Waals surface area (Å²) < 4.78 is 10.9. The molecule has 84 valence electrons. The van der Waals surface area contributed by atoms with Gasteiger partial charge < -0.3 is 20.3 Å². The Labute approximate surface area is 85.4 Å². The fraction of sp³-hybridized carbons (Fsp3) is 1.00. The lowest BCUT2D eigenvalue weighted by Gasteiger charge is -2.25. The molecule has 0 saturated carbocycles. The van der Waals surface area contributed by atoms with Gasteiger partial charge in [0, 0.05) is 13.2 Å². The van der Waals surface area contributed by atoms with Crippen LogP contribution in [0.4, 0.5) is 0 Å². The van der Waals surface area contributed by atoms with Crippen molar-refractivity contribution in [1.29, 1.82) is 0 Å². The van der Waals surface area contributed by atoms with Crippen molar-refractivity contribution in [3.63, 3.8) is 0 Å². The SMILES string of the molecule is CC(O)(CN)COCC1CCCCO1. The summed E-state index contributed by atoms with van der Waals surface area (Å²) in [5.74, 6) is 0. The molecule has 0 aromatic rings. The number of nitrogens with two attached hydrogens (primary N) is 1. The van der Waals surface area contributed by atoms with Crippen LogP contribution in [-0.2, 0) is 9.47 Å². The number of rotatable bonds is 5. The maximum atomic E-state index is 9.56. The second-order valence-electron chi connectivity index (χ2n) is 4.20. The third-order valence-corrected chi connectivity index (χ3v) is 2.43. The molecule has 4 nitrogen and oxygen atoms in total. The molecule has 0 bridgehead atoms. The predicted octanol–water partition coefficient (Wildman–Crippen LogP) is 0.282. The normalized spacial score (nSPS) is 27.2. The zero-order chi connectivity index (χ0) is 10.4. The van der Waals surface area contributed by atoms with Crippen LogP contribution >= 0.6 is 0 Å². The van der Waals surface area contributed by atoms with Gasteiger partial charge in [0.2, 0.25) is 0 Å². The van der Waals surface area contributed by atoms with Crippen LogP contribution in [0.15, 0.2) is 0 Å². The maximum absolute atomic E-state index is 9.56. The summed E-state index contributed by atoms with van der Waals surface area (Å²) in [5.41, 5.74) is 4.46. The minimum Gasteiger partial charge on any atom is -0.386 e. The van der Waals surface area contributed by atoms with E-state index in [1.165, 1.54) is 6.42 Å². The summed E-state index contributed by atoms with van der Waals surface area (Å²) >= 11 is 0. The van der Waals surface area contributed by atoms with Gasteiger partial charge in [-0.05, 0) is 26.2 Å². The molecule has 14 heavy (non-hydrogen) atoms. The molecule has 4 heteroatoms. The molecule has 0 amide bonds. The highest BCUT2D eigenvalue weighted by molar-refractivity contribution is 4.72. The van der Waals surface area contributed by atoms with Crippen LogP contribution in [0.2, 0.25) is 0 Å². The molecular weight excluding hydrogens is 182 g/mol. The van der Waals surface area contributed by atoms with Gasteiger partial charge in [-0.1, -0.05) is 0 Å². The lowest BCUT2D eigenvalue weighted by molar-refractivity contribution is -0.0786. The van der Waals surface area contributed by atoms with E-state index in [1.807, 2.05) is 0 Å². The van der Waals surface area contributed by atoms with E-state index >= 15 is 0 Å². The molecule has 1 rings (SSSR count). The Bertz CT molecular complexity index is 155. The molecule has 3 N–H and O–H groups in total. The van der Waals surface area contributed by atoms with E-state index in [0.29, 0.717) is 6.61 Å². The molecular formula is C10H21NO3. The van der Waals surface area contributed by atoms with Gasteiger partial charge >= 0.3 is 0 Å². The van der Waals surface area contributed by atoms with Crippen molar-refractivity contribution in [2.24, 2.45) is 5.73 Å². The van der Waals surface area contributed by atoms with Crippen molar-refractivity contribution in [2.45, 2.75) is 37.9 Å². The largest absolute Gasteiger partial charge is 0.386 e. The number of hydrogen-bond acceptors (Lipinski definition) is 4. The fourth-order valence-electron chi connectivity index (χ4n) is 1.41. The molecule has 0 aromatic heterocycles. The van der Waals surface area contributed by atoms with E-state index in [9.17, 15) is 5.11 Å². The first-order chi connectivity index (χ1) is 6.64. The summed E-state index contributed by atoms with van der Waals surface area (Å²) in [7, 11) is 0. The topological polar surface area (TPSA) is 64.7 Å². The molecule has 2 atom stereocenters. The molecule has 0 spiro atoms. The smallest absolute Gasteiger partial charge is 0.0973 e. The molecule has 2 unspecified atom stereocenters. The molecule has 0 aliphatic carbocycles. The predicted molar refractivity (Wildman–Crippen MR) is 54.1 cm³/mol. The van der Waals surface area contributed by atoms with Crippen LogP contribution < -0.4 is 5.73 Å². The second-order valence-corrected chi connectivity index (χ2v) is 4.20. The Balaban J connectivity index is 2.08. The van der Waals surface area contributed by atoms with E-state index < -0.39 is 5.60 Å². The number of aliphatic hydroxyl groups is 1. The summed E-state index contributed by atoms with van der Waals surface area (Å²) in [6, 6.07) is 0. The Morgan fingerprint density at radius 3 is 2.93 bits per heavy atom. The van der Waals surface area contributed by atoms with E-state index in [0.717, 1.165) is 19.4 Å². The van der Waals surface area contributed by atoms with Gasteiger partial charge in [0.1, 0.15) is 0 Å². The average Bonchev–Trinajstić information content (AvgIpc) is 2.19. The van der Waals surface area contributed by atoms with Crippen LogP contribution in [0.1, 0.15) is 26.2 Å². The first-order valence-electron chi connectivity index (χ1n) is 5.26. The van der Waals surface area contributed by atoms with Crippen LogP contribution in [0.25, 0.3) is 0 Å². The first kappa shape index (κ1) is 11.9. The Morgan fingerprint density at radius 1 is 1.57 bits per heavy atom. The van der Waals surface area contributed by atoms with Crippen LogP contribution in [0, 0.1) is 0 Å². The highest BCUT2D eigenvalue weighted by Crippen LogP contribution is 2.13. The zero-order valence-electron chi connectivity index (χ0n) is 8.87. The summed E-state index contributed by atoms with van der Waals surface area (Å²) in [5, 5.41) is 9.56. The molecule has 1 saturated heterocycles. The van der Waals surface area contributed by atoms with Crippen molar-refractivity contribution in [3.05, 3.63) is 0 Å². The number of hydrogen-bond donors (Lipinski definition) is 2. The quantitative estimate of drug-likeness (QED) is 0.673. The van der Waals surface area contributed by atoms with Gasteiger partial charge in [0.25, 0.3) is 0 Å². The van der Waals surface area contributed by atoms with Gasteiger partial charge in [-0.15, -0.1) is 0 Å². The third kappa shape index (κ3) is 4.37. The van der Waals surface area contributed by atoms with Gasteiger partial charge in [0.15, 0.2) is 0 Å². The van der Waals surface area contributed by atoms with Crippen molar-refractivity contribution in [3.8, 4) is 0 Å². The first-order valence-corrected chi connectivity index (χ1v) is 5.26. The van der Waals surface area contributed by atoms with E-state index in [4.69, 9.17) is 15.2 Å². The minimum atomic E-state index is -0.908. The van der Waals surface area contributed by atoms with Crippen LogP contribution in [0.3, 0.4) is 0 Å². The molecule has 1 aliphatic heterocycles. The lowest BCUT2D eigenvalue weighted by atomic mass is 10.1. The van der Waals surface area contributed by atoms with Gasteiger partial charge in [-0.3, -0.25) is 0 Å². The van der Waals surface area contributed by atoms with Crippen molar-refractivity contribution >= 4 is 0 Å². The molecule has 1 heterocycles. The summed E-state index contributed by atoms with van der Waals surface area (Å²) in [6.45, 7) is 3.58. The highest BCUT2D eigenvalue weighted by atomic mass is 16.5. The third-order valence-electron chi connectivity index (χ3n) is 2.43. The lowest BCUT2D eigenvalue weighted by Crippen LogP contribution is -2.40. The van der Waals surface area contributed by atoms with Gasteiger partial charge in [0.05, 0.1) is 24.9 Å². The monoisotopic (exact) mass is 203 g/mol. The Kier molecular flexibility index (Phi) is 4.81. The maximum Gasteiger partial charge on any atom is 0.0973 e. The molecule has 1 aliphatic rings. The van der Waals surface area contributed by atoms with Gasteiger partial charge in [-0.25, -0.2) is 0 Å². The van der Waals surface area contributed by atoms with Crippen molar-refractivity contribution in [2.75, 3.05) is 26.4 Å². The Hall–Kier alpha value is -0.160. The van der Waals surface area contributed by atoms with Crippen LogP contribution in [-0.4, -0.2) is 43.2 Å². The van der Waals surface area contributed by atoms with Crippen molar-refractivity contribution < 1.29 is 14.6 Å². The standard InChI is InChI=1S/C10H21NO3/c1-10(12,7-11)8-13-6-9-4-2-3-5-14-9/h9,12H,2-8,11H2,1H3. The number of ether oxygens (including phenoxy) is 2. The fourth-order valence-corrected chi connectivity index (χ4v) is 1.41. The van der Waals surface area contributed by atoms with E-state index in [2.05, 4.69) is 0 Å². The zero-order valence-corrected chi connectivity index (χ0v) is 8.87. The molecule has 0 radical (unpaired) electrons. The van der Waals surface area contributed by atoms with E-state index in [1.54, 1.807) is 6.92 Å². The van der Waals surface area contributed by atoms with E-state index in [-0.39, 0.29) is 19.3 Å². The second kappa shape index (κ2) is 5.66. The molecule has 0 aromatic carbocycles.